The molecule has 3 aromatic rings. The molecule has 162 valence electrons. The molecule has 0 saturated carbocycles. The molecule has 6 nitrogen and oxygen atoms in total. The maximum Gasteiger partial charge on any atom is 0.258 e. The minimum Gasteiger partial charge on any atom is -0.356 e. The van der Waals surface area contributed by atoms with Crippen molar-refractivity contribution >= 4 is 33.0 Å². The Morgan fingerprint density at radius 1 is 0.839 bits per heavy atom. The number of anilines is 3. The van der Waals surface area contributed by atoms with Crippen molar-refractivity contribution in [3.8, 4) is 0 Å². The van der Waals surface area contributed by atoms with Gasteiger partial charge in [-0.3, -0.25) is 4.79 Å². The Kier molecular flexibility index (Phi) is 6.77. The Morgan fingerprint density at radius 3 is 2.03 bits per heavy atom. The molecule has 0 aliphatic rings. The molecule has 0 aliphatic carbocycles. The normalized spacial score (nSPS) is 11.5. The molecule has 0 atom stereocenters. The highest BCUT2D eigenvalue weighted by Gasteiger charge is 2.23. The number of hydrogen-bond donors (Lipinski definition) is 1. The van der Waals surface area contributed by atoms with Crippen LogP contribution in [0.2, 0.25) is 0 Å². The first kappa shape index (κ1) is 22.5. The Labute approximate surface area is 184 Å². The van der Waals surface area contributed by atoms with Gasteiger partial charge in [0.2, 0.25) is 10.0 Å². The van der Waals surface area contributed by atoms with Crippen LogP contribution < -0.4 is 10.2 Å². The Bertz CT molecular complexity index is 1140. The monoisotopic (exact) mass is 437 g/mol. The first-order chi connectivity index (χ1) is 14.7. The molecule has 0 aromatic heterocycles. The summed E-state index contributed by atoms with van der Waals surface area (Å²) in [5.41, 5.74) is 2.94. The van der Waals surface area contributed by atoms with E-state index < -0.39 is 10.0 Å². The van der Waals surface area contributed by atoms with E-state index in [1.807, 2.05) is 68.4 Å². The van der Waals surface area contributed by atoms with E-state index in [1.54, 1.807) is 17.0 Å². The van der Waals surface area contributed by atoms with E-state index in [9.17, 15) is 13.2 Å². The molecule has 0 radical (unpaired) electrons. The van der Waals surface area contributed by atoms with E-state index in [-0.39, 0.29) is 16.8 Å². The maximum absolute atomic E-state index is 13.3. The van der Waals surface area contributed by atoms with Gasteiger partial charge in [-0.1, -0.05) is 24.3 Å². The number of nitrogens with one attached hydrogen (secondary N) is 1. The van der Waals surface area contributed by atoms with Gasteiger partial charge < -0.3 is 10.2 Å². The number of hydrogen-bond acceptors (Lipinski definition) is 4. The van der Waals surface area contributed by atoms with Gasteiger partial charge in [-0.15, -0.1) is 0 Å². The van der Waals surface area contributed by atoms with Crippen molar-refractivity contribution in [1.82, 2.24) is 4.31 Å². The third-order valence-corrected chi connectivity index (χ3v) is 6.61. The predicted molar refractivity (Wildman–Crippen MR) is 125 cm³/mol. The van der Waals surface area contributed by atoms with Crippen LogP contribution in [0.3, 0.4) is 0 Å². The van der Waals surface area contributed by atoms with Gasteiger partial charge in [0.1, 0.15) is 0 Å². The van der Waals surface area contributed by atoms with Crippen LogP contribution in [-0.2, 0) is 10.0 Å². The number of benzene rings is 3. The van der Waals surface area contributed by atoms with E-state index in [0.29, 0.717) is 5.56 Å². The number of nitrogens with zero attached hydrogens (tertiary/aromatic N) is 2. The molecule has 3 aromatic carbocycles. The van der Waals surface area contributed by atoms with Crippen molar-refractivity contribution in [2.24, 2.45) is 0 Å². The average molecular weight is 438 g/mol. The van der Waals surface area contributed by atoms with Crippen LogP contribution >= 0.6 is 0 Å². The molecule has 0 aliphatic heterocycles. The summed E-state index contributed by atoms with van der Waals surface area (Å²) in [6.07, 6.45) is 0. The lowest BCUT2D eigenvalue weighted by molar-refractivity contribution is 0.0980. The smallest absolute Gasteiger partial charge is 0.258 e. The second-order valence-electron chi connectivity index (χ2n) is 7.62. The number of para-hydroxylation sites is 1. The number of rotatable bonds is 7. The van der Waals surface area contributed by atoms with Gasteiger partial charge in [0.15, 0.2) is 0 Å². The Morgan fingerprint density at radius 2 is 1.45 bits per heavy atom. The zero-order valence-electron chi connectivity index (χ0n) is 18.1. The van der Waals surface area contributed by atoms with Gasteiger partial charge in [-0.25, -0.2) is 12.7 Å². The first-order valence-electron chi connectivity index (χ1n) is 9.98. The lowest BCUT2D eigenvalue weighted by Crippen LogP contribution is -2.37. The van der Waals surface area contributed by atoms with Crippen molar-refractivity contribution in [3.05, 3.63) is 84.4 Å². The molecule has 3 rings (SSSR count). The van der Waals surface area contributed by atoms with Crippen molar-refractivity contribution in [1.29, 1.82) is 0 Å². The van der Waals surface area contributed by atoms with Crippen molar-refractivity contribution < 1.29 is 13.2 Å². The lowest BCUT2D eigenvalue weighted by Gasteiger charge is -2.27. The fourth-order valence-electron chi connectivity index (χ4n) is 3.18. The highest BCUT2D eigenvalue weighted by atomic mass is 32.2. The molecule has 0 fully saturated rings. The van der Waals surface area contributed by atoms with Crippen LogP contribution in [-0.4, -0.2) is 38.8 Å². The zero-order valence-corrected chi connectivity index (χ0v) is 18.9. The van der Waals surface area contributed by atoms with Crippen LogP contribution in [0.5, 0.6) is 0 Å². The summed E-state index contributed by atoms with van der Waals surface area (Å²) in [6, 6.07) is 23.5. The maximum atomic E-state index is 13.3. The molecule has 31 heavy (non-hydrogen) atoms. The van der Waals surface area contributed by atoms with E-state index in [4.69, 9.17) is 0 Å². The topological polar surface area (TPSA) is 69.7 Å². The van der Waals surface area contributed by atoms with Crippen molar-refractivity contribution in [2.75, 3.05) is 24.3 Å². The van der Waals surface area contributed by atoms with Crippen LogP contribution in [0, 0.1) is 0 Å². The lowest BCUT2D eigenvalue weighted by atomic mass is 10.1. The second-order valence-corrected chi connectivity index (χ2v) is 9.77. The molecule has 0 unspecified atom stereocenters. The molecular weight excluding hydrogens is 410 g/mol. The summed E-state index contributed by atoms with van der Waals surface area (Å²) >= 11 is 0. The van der Waals surface area contributed by atoms with Gasteiger partial charge in [-0.2, -0.15) is 0 Å². The predicted octanol–water partition coefficient (Wildman–Crippen LogP) is 4.74. The van der Waals surface area contributed by atoms with Crippen LogP contribution in [0.25, 0.3) is 0 Å². The summed E-state index contributed by atoms with van der Waals surface area (Å²) in [5, 5.41) is 3.32. The summed E-state index contributed by atoms with van der Waals surface area (Å²) in [5.74, 6) is -0.255. The number of sulfonamides is 1. The third kappa shape index (κ3) is 5.13. The van der Waals surface area contributed by atoms with Crippen molar-refractivity contribution in [3.63, 3.8) is 0 Å². The molecule has 0 saturated heterocycles. The third-order valence-electron chi connectivity index (χ3n) is 4.80. The van der Waals surface area contributed by atoms with E-state index in [1.165, 1.54) is 26.2 Å². The Balaban J connectivity index is 1.88. The van der Waals surface area contributed by atoms with Gasteiger partial charge in [0, 0.05) is 42.8 Å². The number of carbonyl (C=O) groups is 1. The quantitative estimate of drug-likeness (QED) is 0.580. The molecule has 7 heteroatoms. The largest absolute Gasteiger partial charge is 0.356 e. The molecule has 0 bridgehead atoms. The summed E-state index contributed by atoms with van der Waals surface area (Å²) < 4.78 is 26.1. The summed E-state index contributed by atoms with van der Waals surface area (Å²) in [7, 11) is -0.689. The molecule has 1 N–H and O–H groups in total. The fourth-order valence-corrected chi connectivity index (χ4v) is 4.13. The average Bonchev–Trinajstić information content (AvgIpc) is 2.75. The minimum absolute atomic E-state index is 0.0921. The molecule has 0 spiro atoms. The van der Waals surface area contributed by atoms with E-state index in [0.717, 1.165) is 21.4 Å². The number of carbonyl (C=O) groups excluding carboxylic acids is 1. The molecule has 0 heterocycles. The van der Waals surface area contributed by atoms with Crippen LogP contribution in [0.15, 0.2) is 83.8 Å². The standard InChI is InChI=1S/C24H27N3O3S/c1-18(2)27(22-15-13-21(14-16-22)25-20-10-6-5-7-11-20)24(28)19-9-8-12-23(17-19)31(29,30)26(3)4/h5-18,25H,1-4H3. The highest BCUT2D eigenvalue weighted by molar-refractivity contribution is 7.89. The van der Waals surface area contributed by atoms with Gasteiger partial charge in [0.25, 0.3) is 5.91 Å². The summed E-state index contributed by atoms with van der Waals surface area (Å²) in [4.78, 5) is 15.1. The second kappa shape index (κ2) is 9.32. The van der Waals surface area contributed by atoms with E-state index in [2.05, 4.69) is 5.32 Å². The SMILES string of the molecule is CC(C)N(C(=O)c1cccc(S(=O)(=O)N(C)C)c1)c1ccc(Nc2ccccc2)cc1. The summed E-state index contributed by atoms with van der Waals surface area (Å²) in [6.45, 7) is 3.85. The molecule has 1 amide bonds. The highest BCUT2D eigenvalue weighted by Crippen LogP contribution is 2.25. The molecular formula is C24H27N3O3S. The first-order valence-corrected chi connectivity index (χ1v) is 11.4. The van der Waals surface area contributed by atoms with Gasteiger partial charge in [0.05, 0.1) is 4.90 Å². The minimum atomic E-state index is -3.62. The Hall–Kier alpha value is -3.16. The van der Waals surface area contributed by atoms with Gasteiger partial charge >= 0.3 is 0 Å². The van der Waals surface area contributed by atoms with Crippen molar-refractivity contribution in [2.45, 2.75) is 24.8 Å². The fraction of sp³-hybridized carbons (Fsp3) is 0.208. The number of amides is 1. The van der Waals surface area contributed by atoms with Crippen LogP contribution in [0.4, 0.5) is 17.1 Å². The van der Waals surface area contributed by atoms with E-state index >= 15 is 0 Å². The zero-order chi connectivity index (χ0) is 22.6. The van der Waals surface area contributed by atoms with Crippen LogP contribution in [0.1, 0.15) is 24.2 Å². The van der Waals surface area contributed by atoms with Gasteiger partial charge in [-0.05, 0) is 68.4 Å².